The summed E-state index contributed by atoms with van der Waals surface area (Å²) in [7, 11) is 0. The first kappa shape index (κ1) is 9.90. The van der Waals surface area contributed by atoms with Gasteiger partial charge < -0.3 is 0 Å². The average Bonchev–Trinajstić information content (AvgIpc) is 2.37. The second kappa shape index (κ2) is 4.17. The van der Waals surface area contributed by atoms with Crippen LogP contribution in [0.1, 0.15) is 26.7 Å². The Bertz CT molecular complexity index is 284. The van der Waals surface area contributed by atoms with Gasteiger partial charge in [0.25, 0.3) is 0 Å². The molecular formula is C11H14O2. The predicted molar refractivity (Wildman–Crippen MR) is 51.3 cm³/mol. The number of carbonyl (C=O) groups excluding carboxylic acids is 2. The molecule has 0 saturated carbocycles. The molecule has 2 heteroatoms. The monoisotopic (exact) mass is 178 g/mol. The van der Waals surface area contributed by atoms with Gasteiger partial charge in [-0.15, -0.1) is 0 Å². The summed E-state index contributed by atoms with van der Waals surface area (Å²) in [6, 6.07) is 0. The highest BCUT2D eigenvalue weighted by molar-refractivity contribution is 6.02. The van der Waals surface area contributed by atoms with Crippen molar-refractivity contribution in [1.82, 2.24) is 0 Å². The number of hydrogen-bond acceptors (Lipinski definition) is 2. The van der Waals surface area contributed by atoms with E-state index < -0.39 is 0 Å². The molecule has 0 aromatic heterocycles. The first-order chi connectivity index (χ1) is 6.15. The Labute approximate surface area is 78.3 Å². The molecule has 0 bridgehead atoms. The molecule has 1 atom stereocenters. The highest BCUT2D eigenvalue weighted by Crippen LogP contribution is 2.23. The Hall–Kier alpha value is -1.18. The van der Waals surface area contributed by atoms with E-state index in [0.29, 0.717) is 6.42 Å². The van der Waals surface area contributed by atoms with Crippen molar-refractivity contribution in [3.8, 4) is 0 Å². The fraction of sp³-hybridized carbons (Fsp3) is 0.455. The number of rotatable bonds is 3. The summed E-state index contributed by atoms with van der Waals surface area (Å²) < 4.78 is 0. The van der Waals surface area contributed by atoms with Gasteiger partial charge in [0.1, 0.15) is 0 Å². The fourth-order valence-electron chi connectivity index (χ4n) is 1.52. The van der Waals surface area contributed by atoms with Gasteiger partial charge in [-0.25, -0.2) is 0 Å². The standard InChI is InChI=1S/C11H14O2/c1-3-4-10(12)7-9-6-5-8(2)11(9)13/h3-5,9H,6-7H2,1-2H3/b4-3+. The molecule has 0 aliphatic heterocycles. The number of carbonyl (C=O) groups is 2. The van der Waals surface area contributed by atoms with E-state index in [2.05, 4.69) is 0 Å². The van der Waals surface area contributed by atoms with Crippen LogP contribution < -0.4 is 0 Å². The van der Waals surface area contributed by atoms with Crippen LogP contribution in [-0.2, 0) is 9.59 Å². The van der Waals surface area contributed by atoms with Crippen LogP contribution in [0.5, 0.6) is 0 Å². The Balaban J connectivity index is 2.50. The molecule has 2 nitrogen and oxygen atoms in total. The summed E-state index contributed by atoms with van der Waals surface area (Å²) in [5.41, 5.74) is 0.804. The Morgan fingerprint density at radius 3 is 2.85 bits per heavy atom. The van der Waals surface area contributed by atoms with Crippen molar-refractivity contribution in [3.63, 3.8) is 0 Å². The molecule has 0 aromatic carbocycles. The predicted octanol–water partition coefficient (Wildman–Crippen LogP) is 2.06. The van der Waals surface area contributed by atoms with Crippen molar-refractivity contribution >= 4 is 11.6 Å². The van der Waals surface area contributed by atoms with Crippen LogP contribution >= 0.6 is 0 Å². The smallest absolute Gasteiger partial charge is 0.162 e. The Morgan fingerprint density at radius 2 is 2.38 bits per heavy atom. The molecular weight excluding hydrogens is 164 g/mol. The zero-order chi connectivity index (χ0) is 9.84. The van der Waals surface area contributed by atoms with E-state index in [1.165, 1.54) is 6.08 Å². The lowest BCUT2D eigenvalue weighted by Gasteiger charge is -2.04. The molecule has 70 valence electrons. The van der Waals surface area contributed by atoms with E-state index in [9.17, 15) is 9.59 Å². The second-order valence-electron chi connectivity index (χ2n) is 3.35. The number of ketones is 2. The quantitative estimate of drug-likeness (QED) is 0.620. The van der Waals surface area contributed by atoms with E-state index in [1.807, 2.05) is 13.0 Å². The molecule has 1 unspecified atom stereocenters. The van der Waals surface area contributed by atoms with Crippen molar-refractivity contribution in [2.45, 2.75) is 26.7 Å². The summed E-state index contributed by atoms with van der Waals surface area (Å²) in [6.07, 6.45) is 6.24. The van der Waals surface area contributed by atoms with Crippen LogP contribution in [0.3, 0.4) is 0 Å². The molecule has 0 amide bonds. The summed E-state index contributed by atoms with van der Waals surface area (Å²) in [4.78, 5) is 22.6. The summed E-state index contributed by atoms with van der Waals surface area (Å²) in [5, 5.41) is 0. The van der Waals surface area contributed by atoms with Gasteiger partial charge in [-0.2, -0.15) is 0 Å². The van der Waals surface area contributed by atoms with Crippen LogP contribution in [0.4, 0.5) is 0 Å². The topological polar surface area (TPSA) is 34.1 Å². The van der Waals surface area contributed by atoms with Crippen LogP contribution in [0.25, 0.3) is 0 Å². The third kappa shape index (κ3) is 2.38. The molecule has 1 aliphatic rings. The molecule has 1 aliphatic carbocycles. The minimum absolute atomic E-state index is 0.0453. The van der Waals surface area contributed by atoms with Gasteiger partial charge in [-0.3, -0.25) is 9.59 Å². The van der Waals surface area contributed by atoms with Gasteiger partial charge in [0.15, 0.2) is 11.6 Å². The van der Waals surface area contributed by atoms with Crippen molar-refractivity contribution < 1.29 is 9.59 Å². The fourth-order valence-corrected chi connectivity index (χ4v) is 1.52. The first-order valence-corrected chi connectivity index (χ1v) is 4.51. The number of allylic oxidation sites excluding steroid dienone is 4. The maximum absolute atomic E-state index is 11.4. The maximum atomic E-state index is 11.4. The zero-order valence-electron chi connectivity index (χ0n) is 8.04. The Kier molecular flexibility index (Phi) is 3.18. The second-order valence-corrected chi connectivity index (χ2v) is 3.35. The maximum Gasteiger partial charge on any atom is 0.162 e. The van der Waals surface area contributed by atoms with Gasteiger partial charge in [0.2, 0.25) is 0 Å². The molecule has 13 heavy (non-hydrogen) atoms. The highest BCUT2D eigenvalue weighted by atomic mass is 16.1. The van der Waals surface area contributed by atoms with Gasteiger partial charge in [-0.1, -0.05) is 12.2 Å². The lowest BCUT2D eigenvalue weighted by Crippen LogP contribution is -2.13. The molecule has 0 spiro atoms. The molecule has 0 fully saturated rings. The van der Waals surface area contributed by atoms with Crippen molar-refractivity contribution in [3.05, 3.63) is 23.8 Å². The molecule has 0 N–H and O–H groups in total. The van der Waals surface area contributed by atoms with E-state index in [4.69, 9.17) is 0 Å². The Morgan fingerprint density at radius 1 is 1.69 bits per heavy atom. The summed E-state index contributed by atoms with van der Waals surface area (Å²) >= 11 is 0. The van der Waals surface area contributed by atoms with Gasteiger partial charge in [0, 0.05) is 12.3 Å². The normalized spacial score (nSPS) is 22.5. The van der Waals surface area contributed by atoms with Gasteiger partial charge >= 0.3 is 0 Å². The lowest BCUT2D eigenvalue weighted by atomic mass is 9.97. The van der Waals surface area contributed by atoms with Crippen molar-refractivity contribution in [2.24, 2.45) is 5.92 Å². The molecule has 0 heterocycles. The van der Waals surface area contributed by atoms with Gasteiger partial charge in [0.05, 0.1) is 0 Å². The van der Waals surface area contributed by atoms with Crippen LogP contribution in [-0.4, -0.2) is 11.6 Å². The first-order valence-electron chi connectivity index (χ1n) is 4.51. The third-order valence-corrected chi connectivity index (χ3v) is 2.27. The molecule has 0 saturated heterocycles. The molecule has 1 rings (SSSR count). The van der Waals surface area contributed by atoms with E-state index >= 15 is 0 Å². The SMILES string of the molecule is C/C=C/C(=O)CC1CC=C(C)C1=O. The van der Waals surface area contributed by atoms with E-state index in [-0.39, 0.29) is 17.5 Å². The van der Waals surface area contributed by atoms with Crippen molar-refractivity contribution in [2.75, 3.05) is 0 Å². The van der Waals surface area contributed by atoms with E-state index in [1.54, 1.807) is 13.0 Å². The number of hydrogen-bond donors (Lipinski definition) is 0. The minimum Gasteiger partial charge on any atom is -0.295 e. The minimum atomic E-state index is -0.0938. The molecule has 0 aromatic rings. The summed E-state index contributed by atoms with van der Waals surface area (Å²) in [6.45, 7) is 3.61. The van der Waals surface area contributed by atoms with Crippen LogP contribution in [0.15, 0.2) is 23.8 Å². The lowest BCUT2D eigenvalue weighted by molar-refractivity contribution is -0.122. The molecule has 0 radical (unpaired) electrons. The zero-order valence-corrected chi connectivity index (χ0v) is 8.04. The number of Topliss-reactive ketones (excluding diaryl/α,β-unsaturated/α-hetero) is 1. The average molecular weight is 178 g/mol. The summed E-state index contributed by atoms with van der Waals surface area (Å²) in [5.74, 6) is 0.0884. The third-order valence-electron chi connectivity index (χ3n) is 2.27. The van der Waals surface area contributed by atoms with Crippen LogP contribution in [0, 0.1) is 5.92 Å². The highest BCUT2D eigenvalue weighted by Gasteiger charge is 2.25. The largest absolute Gasteiger partial charge is 0.295 e. The van der Waals surface area contributed by atoms with E-state index in [0.717, 1.165) is 12.0 Å². The van der Waals surface area contributed by atoms with Crippen molar-refractivity contribution in [1.29, 1.82) is 0 Å². The van der Waals surface area contributed by atoms with Crippen LogP contribution in [0.2, 0.25) is 0 Å². The van der Waals surface area contributed by atoms with Gasteiger partial charge in [-0.05, 0) is 31.9 Å².